The molecule has 0 fully saturated rings. The summed E-state index contributed by atoms with van der Waals surface area (Å²) < 4.78 is 13.2. The Balaban J connectivity index is 3.14. The van der Waals surface area contributed by atoms with E-state index >= 15 is 0 Å². The highest BCUT2D eigenvalue weighted by Crippen LogP contribution is 2.17. The van der Waals surface area contributed by atoms with E-state index in [1.54, 1.807) is 44.2 Å². The maximum absolute atomic E-state index is 13.2. The van der Waals surface area contributed by atoms with E-state index in [-0.39, 0.29) is 24.2 Å². The Hall–Kier alpha value is -2.64. The van der Waals surface area contributed by atoms with Crippen LogP contribution in [0.5, 0.6) is 0 Å². The van der Waals surface area contributed by atoms with Crippen LogP contribution in [0.1, 0.15) is 39.7 Å². The minimum Gasteiger partial charge on any atom is -0.394 e. The third kappa shape index (κ3) is 7.64. The minimum atomic E-state index is -0.703. The zero-order valence-electron chi connectivity index (χ0n) is 16.5. The van der Waals surface area contributed by atoms with E-state index in [1.165, 1.54) is 12.1 Å². The van der Waals surface area contributed by atoms with Crippen molar-refractivity contribution in [3.63, 3.8) is 0 Å². The van der Waals surface area contributed by atoms with Gasteiger partial charge in [0, 0.05) is 16.7 Å². The maximum atomic E-state index is 13.2. The molecule has 0 aliphatic carbocycles. The standard InChI is InChI=1S/C23H28FNO2/c1-6-17(3)21(22(27)25-23(4,5)16-26)14-13-18(7-2)11-12-19-9-8-10-20(24)15-19/h7-10,13-15,17,26H,2,6,16H2,1,3-5H3,(H,25,27). The van der Waals surface area contributed by atoms with Crippen LogP contribution in [0.25, 0.3) is 0 Å². The lowest BCUT2D eigenvalue weighted by Gasteiger charge is -2.25. The predicted molar refractivity (Wildman–Crippen MR) is 108 cm³/mol. The number of allylic oxidation sites excluding steroid dienone is 4. The van der Waals surface area contributed by atoms with Gasteiger partial charge in [-0.15, -0.1) is 0 Å². The first kappa shape index (κ1) is 22.4. The van der Waals surface area contributed by atoms with Crippen LogP contribution >= 0.6 is 0 Å². The van der Waals surface area contributed by atoms with Crippen LogP contribution in [0.4, 0.5) is 4.39 Å². The number of hydrogen-bond donors (Lipinski definition) is 2. The Kier molecular flexibility index (Phi) is 8.71. The predicted octanol–water partition coefficient (Wildman–Crippen LogP) is 4.15. The van der Waals surface area contributed by atoms with Crippen LogP contribution in [-0.2, 0) is 4.79 Å². The van der Waals surface area contributed by atoms with Crippen molar-refractivity contribution in [3.8, 4) is 11.8 Å². The summed E-state index contributed by atoms with van der Waals surface area (Å²) in [5.74, 6) is 5.30. The molecule has 0 aromatic heterocycles. The summed E-state index contributed by atoms with van der Waals surface area (Å²) in [6.07, 6.45) is 5.85. The second-order valence-corrected chi connectivity index (χ2v) is 7.01. The molecule has 0 bridgehead atoms. The zero-order valence-corrected chi connectivity index (χ0v) is 16.5. The molecule has 4 heteroatoms. The molecule has 1 amide bonds. The largest absolute Gasteiger partial charge is 0.394 e. The lowest BCUT2D eigenvalue weighted by atomic mass is 9.95. The molecular formula is C23H28FNO2. The van der Waals surface area contributed by atoms with E-state index < -0.39 is 5.54 Å². The molecule has 1 aromatic carbocycles. The molecule has 1 atom stereocenters. The molecule has 0 aliphatic rings. The molecule has 27 heavy (non-hydrogen) atoms. The van der Waals surface area contributed by atoms with E-state index in [4.69, 9.17) is 0 Å². The molecule has 0 saturated heterocycles. The van der Waals surface area contributed by atoms with Gasteiger partial charge in [0.1, 0.15) is 5.82 Å². The first-order valence-electron chi connectivity index (χ1n) is 8.97. The molecular weight excluding hydrogens is 341 g/mol. The number of aliphatic hydroxyl groups is 1. The number of aliphatic hydroxyl groups excluding tert-OH is 1. The SMILES string of the molecule is C=CC(C#Cc1cccc(F)c1)=CC=C(C(=O)NC(C)(C)CO)C(C)CC. The van der Waals surface area contributed by atoms with Crippen molar-refractivity contribution in [2.24, 2.45) is 5.92 Å². The molecule has 144 valence electrons. The number of nitrogens with one attached hydrogen (secondary N) is 1. The van der Waals surface area contributed by atoms with Crippen LogP contribution in [0.2, 0.25) is 0 Å². The van der Waals surface area contributed by atoms with Gasteiger partial charge in [0.25, 0.3) is 0 Å². The highest BCUT2D eigenvalue weighted by atomic mass is 19.1. The van der Waals surface area contributed by atoms with E-state index in [2.05, 4.69) is 23.7 Å². The van der Waals surface area contributed by atoms with Crippen molar-refractivity contribution in [3.05, 3.63) is 71.6 Å². The summed E-state index contributed by atoms with van der Waals surface area (Å²) in [5, 5.41) is 12.2. The summed E-state index contributed by atoms with van der Waals surface area (Å²) in [6, 6.07) is 6.05. The zero-order chi connectivity index (χ0) is 20.4. The molecule has 0 aliphatic heterocycles. The number of benzene rings is 1. The maximum Gasteiger partial charge on any atom is 0.247 e. The van der Waals surface area contributed by atoms with E-state index in [0.717, 1.165) is 6.42 Å². The third-order valence-corrected chi connectivity index (χ3v) is 4.09. The minimum absolute atomic E-state index is 0.0398. The normalized spacial score (nSPS) is 13.4. The summed E-state index contributed by atoms with van der Waals surface area (Å²) in [4.78, 5) is 12.6. The molecule has 0 saturated carbocycles. The van der Waals surface area contributed by atoms with Gasteiger partial charge in [-0.3, -0.25) is 4.79 Å². The average Bonchev–Trinajstić information content (AvgIpc) is 2.63. The van der Waals surface area contributed by atoms with Gasteiger partial charge >= 0.3 is 0 Å². The van der Waals surface area contributed by atoms with Gasteiger partial charge < -0.3 is 10.4 Å². The second kappa shape index (κ2) is 10.5. The Morgan fingerprint density at radius 3 is 2.67 bits per heavy atom. The number of carbonyl (C=O) groups is 1. The Bertz CT molecular complexity index is 794. The average molecular weight is 369 g/mol. The van der Waals surface area contributed by atoms with E-state index in [0.29, 0.717) is 16.7 Å². The lowest BCUT2D eigenvalue weighted by Crippen LogP contribution is -2.47. The van der Waals surface area contributed by atoms with Crippen molar-refractivity contribution in [1.29, 1.82) is 0 Å². The first-order valence-corrected chi connectivity index (χ1v) is 8.97. The number of hydrogen-bond acceptors (Lipinski definition) is 2. The molecule has 1 unspecified atom stereocenters. The van der Waals surface area contributed by atoms with Crippen LogP contribution < -0.4 is 5.32 Å². The Labute approximate surface area is 161 Å². The topological polar surface area (TPSA) is 49.3 Å². The molecule has 3 nitrogen and oxygen atoms in total. The van der Waals surface area contributed by atoms with Crippen molar-refractivity contribution < 1.29 is 14.3 Å². The second-order valence-electron chi connectivity index (χ2n) is 7.01. The molecule has 0 heterocycles. The fourth-order valence-corrected chi connectivity index (χ4v) is 2.15. The van der Waals surface area contributed by atoms with Crippen molar-refractivity contribution in [1.82, 2.24) is 5.32 Å². The summed E-state index contributed by atoms with van der Waals surface area (Å²) >= 11 is 0. The smallest absolute Gasteiger partial charge is 0.247 e. The van der Waals surface area contributed by atoms with Crippen molar-refractivity contribution >= 4 is 5.91 Å². The molecule has 0 radical (unpaired) electrons. The Morgan fingerprint density at radius 2 is 2.11 bits per heavy atom. The third-order valence-electron chi connectivity index (χ3n) is 4.09. The van der Waals surface area contributed by atoms with Crippen LogP contribution in [0, 0.1) is 23.6 Å². The van der Waals surface area contributed by atoms with Gasteiger partial charge in [-0.05, 0) is 50.5 Å². The number of rotatable bonds is 7. The van der Waals surface area contributed by atoms with Crippen LogP contribution in [-0.4, -0.2) is 23.2 Å². The van der Waals surface area contributed by atoms with E-state index in [9.17, 15) is 14.3 Å². The molecule has 0 spiro atoms. The lowest BCUT2D eigenvalue weighted by molar-refractivity contribution is -0.120. The van der Waals surface area contributed by atoms with Gasteiger partial charge in [-0.2, -0.15) is 0 Å². The van der Waals surface area contributed by atoms with Gasteiger partial charge in [0.15, 0.2) is 0 Å². The van der Waals surface area contributed by atoms with Gasteiger partial charge in [0.05, 0.1) is 12.1 Å². The first-order chi connectivity index (χ1) is 12.7. The van der Waals surface area contributed by atoms with Crippen LogP contribution in [0.3, 0.4) is 0 Å². The Morgan fingerprint density at radius 1 is 1.41 bits per heavy atom. The number of halogens is 1. The van der Waals surface area contributed by atoms with Gasteiger partial charge in [0.2, 0.25) is 5.91 Å². The highest BCUT2D eigenvalue weighted by Gasteiger charge is 2.23. The summed E-state index contributed by atoms with van der Waals surface area (Å²) in [7, 11) is 0. The van der Waals surface area contributed by atoms with Crippen LogP contribution in [0.15, 0.2) is 60.2 Å². The fraction of sp³-hybridized carbons (Fsp3) is 0.348. The van der Waals surface area contributed by atoms with Gasteiger partial charge in [-0.25, -0.2) is 4.39 Å². The fourth-order valence-electron chi connectivity index (χ4n) is 2.15. The van der Waals surface area contributed by atoms with Crippen molar-refractivity contribution in [2.45, 2.75) is 39.7 Å². The quantitative estimate of drug-likeness (QED) is 0.431. The number of carbonyl (C=O) groups excluding carboxylic acids is 1. The van der Waals surface area contributed by atoms with Crippen molar-refractivity contribution in [2.75, 3.05) is 6.61 Å². The highest BCUT2D eigenvalue weighted by molar-refractivity contribution is 5.94. The summed E-state index contributed by atoms with van der Waals surface area (Å²) in [5.41, 5.74) is 1.09. The van der Waals surface area contributed by atoms with Gasteiger partial charge in [-0.1, -0.05) is 50.5 Å². The number of amides is 1. The molecule has 2 N–H and O–H groups in total. The molecule has 1 aromatic rings. The summed E-state index contributed by atoms with van der Waals surface area (Å²) in [6.45, 7) is 11.1. The molecule has 1 rings (SSSR count). The monoisotopic (exact) mass is 369 g/mol. The van der Waals surface area contributed by atoms with E-state index in [1.807, 2.05) is 13.8 Å².